The lowest BCUT2D eigenvalue weighted by Crippen LogP contribution is -2.16. The number of hydrogen-bond acceptors (Lipinski definition) is 3. The van der Waals surface area contributed by atoms with E-state index in [0.29, 0.717) is 6.10 Å². The first-order valence-electron chi connectivity index (χ1n) is 7.26. The molecular formula is C17H21NOS. The van der Waals surface area contributed by atoms with Crippen LogP contribution in [0.3, 0.4) is 0 Å². The summed E-state index contributed by atoms with van der Waals surface area (Å²) in [5.41, 5.74) is 2.66. The lowest BCUT2D eigenvalue weighted by Gasteiger charge is -2.16. The van der Waals surface area contributed by atoms with E-state index in [1.165, 1.54) is 20.9 Å². The highest BCUT2D eigenvalue weighted by Gasteiger charge is 2.21. The van der Waals surface area contributed by atoms with Gasteiger partial charge in [0.15, 0.2) is 0 Å². The number of ether oxygens (including phenoxy) is 1. The number of rotatable bonds is 4. The van der Waals surface area contributed by atoms with E-state index >= 15 is 0 Å². The van der Waals surface area contributed by atoms with Gasteiger partial charge in [0.1, 0.15) is 11.9 Å². The van der Waals surface area contributed by atoms with Gasteiger partial charge in [-0.05, 0) is 49.7 Å². The smallest absolute Gasteiger partial charge is 0.123 e. The van der Waals surface area contributed by atoms with Crippen molar-refractivity contribution in [1.82, 2.24) is 5.32 Å². The molecule has 2 nitrogen and oxygen atoms in total. The molecule has 0 radical (unpaired) electrons. The minimum Gasteiger partial charge on any atom is -0.490 e. The molecule has 1 aliphatic rings. The molecule has 0 bridgehead atoms. The number of aryl methyl sites for hydroxylation is 1. The Morgan fingerprint density at radius 1 is 1.35 bits per heavy atom. The van der Waals surface area contributed by atoms with Crippen LogP contribution >= 0.6 is 11.3 Å². The van der Waals surface area contributed by atoms with Gasteiger partial charge in [-0.25, -0.2) is 0 Å². The molecule has 0 spiro atoms. The summed E-state index contributed by atoms with van der Waals surface area (Å²) in [5, 5.41) is 3.44. The third kappa shape index (κ3) is 2.48. The molecule has 20 heavy (non-hydrogen) atoms. The van der Waals surface area contributed by atoms with Gasteiger partial charge in [-0.15, -0.1) is 11.3 Å². The Balaban J connectivity index is 1.92. The van der Waals surface area contributed by atoms with Crippen LogP contribution in [0.15, 0.2) is 30.3 Å². The molecule has 2 heterocycles. The van der Waals surface area contributed by atoms with E-state index in [1.807, 2.05) is 18.4 Å². The first kappa shape index (κ1) is 13.7. The fourth-order valence-electron chi connectivity index (χ4n) is 2.83. The molecule has 106 valence electrons. The molecule has 0 saturated heterocycles. The second-order valence-electron chi connectivity index (χ2n) is 5.38. The SMILES string of the molecule is CCc1ccc(C(NC)c2ccc3c(c2)CC(C)O3)s1. The van der Waals surface area contributed by atoms with Crippen molar-refractivity contribution in [1.29, 1.82) is 0 Å². The number of thiophene rings is 1. The van der Waals surface area contributed by atoms with Gasteiger partial charge < -0.3 is 10.1 Å². The molecule has 2 atom stereocenters. The van der Waals surface area contributed by atoms with Crippen LogP contribution < -0.4 is 10.1 Å². The Bertz CT molecular complexity index is 605. The van der Waals surface area contributed by atoms with E-state index in [1.54, 1.807) is 0 Å². The fourth-order valence-corrected chi connectivity index (χ4v) is 3.93. The molecule has 0 aliphatic carbocycles. The highest BCUT2D eigenvalue weighted by Crippen LogP contribution is 2.34. The summed E-state index contributed by atoms with van der Waals surface area (Å²) in [6, 6.07) is 11.4. The van der Waals surface area contributed by atoms with Crippen LogP contribution in [0.25, 0.3) is 0 Å². The average Bonchev–Trinajstić information content (AvgIpc) is 3.04. The zero-order chi connectivity index (χ0) is 14.1. The maximum atomic E-state index is 5.78. The van der Waals surface area contributed by atoms with Crippen molar-refractivity contribution in [2.24, 2.45) is 0 Å². The van der Waals surface area contributed by atoms with E-state index in [-0.39, 0.29) is 6.04 Å². The summed E-state index contributed by atoms with van der Waals surface area (Å²) < 4.78 is 5.78. The van der Waals surface area contributed by atoms with Crippen molar-refractivity contribution in [3.8, 4) is 5.75 Å². The Labute approximate surface area is 124 Å². The summed E-state index contributed by atoms with van der Waals surface area (Å²) in [6.45, 7) is 4.33. The quantitative estimate of drug-likeness (QED) is 0.919. The molecule has 0 fully saturated rings. The minimum atomic E-state index is 0.279. The maximum absolute atomic E-state index is 5.78. The minimum absolute atomic E-state index is 0.279. The van der Waals surface area contributed by atoms with Crippen molar-refractivity contribution in [3.63, 3.8) is 0 Å². The third-order valence-corrected chi connectivity index (χ3v) is 5.15. The van der Waals surface area contributed by atoms with E-state index < -0.39 is 0 Å². The Morgan fingerprint density at radius 3 is 2.90 bits per heavy atom. The highest BCUT2D eigenvalue weighted by atomic mass is 32.1. The van der Waals surface area contributed by atoms with Gasteiger partial charge in [0, 0.05) is 16.2 Å². The first-order valence-corrected chi connectivity index (χ1v) is 8.08. The number of nitrogens with one attached hydrogen (secondary N) is 1. The highest BCUT2D eigenvalue weighted by molar-refractivity contribution is 7.12. The van der Waals surface area contributed by atoms with Crippen molar-refractivity contribution in [2.45, 2.75) is 38.8 Å². The molecule has 3 heteroatoms. The van der Waals surface area contributed by atoms with Gasteiger partial charge in [-0.3, -0.25) is 0 Å². The van der Waals surface area contributed by atoms with E-state index in [9.17, 15) is 0 Å². The second-order valence-corrected chi connectivity index (χ2v) is 6.58. The molecule has 1 aromatic carbocycles. The first-order chi connectivity index (χ1) is 9.71. The molecule has 0 amide bonds. The second kappa shape index (κ2) is 5.58. The van der Waals surface area contributed by atoms with E-state index in [2.05, 4.69) is 49.5 Å². The van der Waals surface area contributed by atoms with Gasteiger partial charge in [0.2, 0.25) is 0 Å². The molecule has 0 saturated carbocycles. The van der Waals surface area contributed by atoms with Crippen LogP contribution in [0.4, 0.5) is 0 Å². The van der Waals surface area contributed by atoms with Gasteiger partial charge in [0.25, 0.3) is 0 Å². The predicted molar refractivity (Wildman–Crippen MR) is 84.8 cm³/mol. The molecule has 1 N–H and O–H groups in total. The van der Waals surface area contributed by atoms with E-state index in [0.717, 1.165) is 18.6 Å². The normalized spacial score (nSPS) is 18.6. The summed E-state index contributed by atoms with van der Waals surface area (Å²) in [5.74, 6) is 1.05. The molecule has 1 aromatic heterocycles. The van der Waals surface area contributed by atoms with Crippen LogP contribution in [0.5, 0.6) is 5.75 Å². The number of fused-ring (bicyclic) bond motifs is 1. The van der Waals surface area contributed by atoms with Crippen LogP contribution in [-0.4, -0.2) is 13.2 Å². The Hall–Kier alpha value is -1.32. The van der Waals surface area contributed by atoms with E-state index in [4.69, 9.17) is 4.74 Å². The standard InChI is InChI=1S/C17H21NOS/c1-4-14-6-8-16(20-14)17(18-3)12-5-7-15-13(10-12)9-11(2)19-15/h5-8,10-11,17-18H,4,9H2,1-3H3. The number of benzene rings is 1. The molecule has 2 unspecified atom stereocenters. The third-order valence-electron chi connectivity index (χ3n) is 3.86. The van der Waals surface area contributed by atoms with Gasteiger partial charge in [-0.2, -0.15) is 0 Å². The fraction of sp³-hybridized carbons (Fsp3) is 0.412. The van der Waals surface area contributed by atoms with Crippen molar-refractivity contribution < 1.29 is 4.74 Å². The Kier molecular flexibility index (Phi) is 3.81. The maximum Gasteiger partial charge on any atom is 0.123 e. The summed E-state index contributed by atoms with van der Waals surface area (Å²) in [4.78, 5) is 2.83. The molecule has 1 aliphatic heterocycles. The topological polar surface area (TPSA) is 21.3 Å². The van der Waals surface area contributed by atoms with Gasteiger partial charge >= 0.3 is 0 Å². The lowest BCUT2D eigenvalue weighted by molar-refractivity contribution is 0.254. The van der Waals surface area contributed by atoms with Crippen molar-refractivity contribution in [2.75, 3.05) is 7.05 Å². The zero-order valence-electron chi connectivity index (χ0n) is 12.3. The molecule has 2 aromatic rings. The molecule has 3 rings (SSSR count). The van der Waals surface area contributed by atoms with Crippen molar-refractivity contribution >= 4 is 11.3 Å². The van der Waals surface area contributed by atoms with Crippen LogP contribution in [-0.2, 0) is 12.8 Å². The van der Waals surface area contributed by atoms with Gasteiger partial charge in [-0.1, -0.05) is 19.1 Å². The molecular weight excluding hydrogens is 266 g/mol. The van der Waals surface area contributed by atoms with Crippen LogP contribution in [0, 0.1) is 0 Å². The van der Waals surface area contributed by atoms with Crippen molar-refractivity contribution in [3.05, 3.63) is 51.2 Å². The van der Waals surface area contributed by atoms with Crippen LogP contribution in [0.2, 0.25) is 0 Å². The lowest BCUT2D eigenvalue weighted by atomic mass is 10.0. The number of hydrogen-bond donors (Lipinski definition) is 1. The summed E-state index contributed by atoms with van der Waals surface area (Å²) in [7, 11) is 2.03. The predicted octanol–water partition coefficient (Wildman–Crippen LogP) is 3.94. The summed E-state index contributed by atoms with van der Waals surface area (Å²) in [6.07, 6.45) is 2.43. The average molecular weight is 287 g/mol. The summed E-state index contributed by atoms with van der Waals surface area (Å²) >= 11 is 1.90. The monoisotopic (exact) mass is 287 g/mol. The zero-order valence-corrected chi connectivity index (χ0v) is 13.1. The Morgan fingerprint density at radius 2 is 2.20 bits per heavy atom. The van der Waals surface area contributed by atoms with Crippen LogP contribution in [0.1, 0.15) is 40.8 Å². The van der Waals surface area contributed by atoms with Gasteiger partial charge in [0.05, 0.1) is 6.04 Å². The largest absolute Gasteiger partial charge is 0.490 e.